The lowest BCUT2D eigenvalue weighted by Gasteiger charge is -2.22. The van der Waals surface area contributed by atoms with Crippen LogP contribution in [0.5, 0.6) is 0 Å². The number of hydrogen-bond acceptors (Lipinski definition) is 3. The number of benzene rings is 1. The second kappa shape index (κ2) is 6.68. The van der Waals surface area contributed by atoms with Crippen LogP contribution in [-0.4, -0.2) is 27.3 Å². The predicted molar refractivity (Wildman–Crippen MR) is 78.5 cm³/mol. The average molecular weight is 334 g/mol. The first-order chi connectivity index (χ1) is 8.40. The Bertz CT molecular complexity index is 488. The Balaban J connectivity index is 2.94. The fraction of sp³-hybridized carbons (Fsp3) is 0.538. The largest absolute Gasteiger partial charge is 0.316 e. The van der Waals surface area contributed by atoms with Crippen LogP contribution < -0.4 is 5.32 Å². The smallest absolute Gasteiger partial charge is 0.179 e. The minimum Gasteiger partial charge on any atom is -0.316 e. The Morgan fingerprint density at radius 3 is 2.56 bits per heavy atom. The molecule has 0 radical (unpaired) electrons. The van der Waals surface area contributed by atoms with Crippen LogP contribution in [0.1, 0.15) is 20.3 Å². The fourth-order valence-electron chi connectivity index (χ4n) is 1.81. The topological polar surface area (TPSA) is 46.2 Å². The Labute approximate surface area is 118 Å². The van der Waals surface area contributed by atoms with E-state index in [1.807, 2.05) is 13.1 Å². The van der Waals surface area contributed by atoms with Gasteiger partial charge < -0.3 is 5.32 Å². The second-order valence-electron chi connectivity index (χ2n) is 4.52. The zero-order valence-electron chi connectivity index (χ0n) is 11.0. The van der Waals surface area contributed by atoms with Crippen LogP contribution in [0, 0.1) is 5.92 Å². The lowest BCUT2D eigenvalue weighted by molar-refractivity contribution is 0.414. The summed E-state index contributed by atoms with van der Waals surface area (Å²) in [5.74, 6) is 0.464. The zero-order valence-corrected chi connectivity index (χ0v) is 13.4. The van der Waals surface area contributed by atoms with Crippen molar-refractivity contribution in [1.82, 2.24) is 5.32 Å². The Morgan fingerprint density at radius 1 is 1.39 bits per heavy atom. The fourth-order valence-corrected chi connectivity index (χ4v) is 4.11. The molecule has 1 aromatic carbocycles. The van der Waals surface area contributed by atoms with E-state index in [0.29, 0.717) is 10.8 Å². The van der Waals surface area contributed by atoms with Crippen molar-refractivity contribution >= 4 is 25.8 Å². The molecule has 0 spiro atoms. The molecule has 18 heavy (non-hydrogen) atoms. The number of rotatable bonds is 6. The second-order valence-corrected chi connectivity index (χ2v) is 7.47. The van der Waals surface area contributed by atoms with Gasteiger partial charge in [0.25, 0.3) is 0 Å². The summed E-state index contributed by atoms with van der Waals surface area (Å²) in [4.78, 5) is 0.375. The molecule has 0 aliphatic rings. The van der Waals surface area contributed by atoms with E-state index in [1.165, 1.54) is 0 Å². The van der Waals surface area contributed by atoms with Gasteiger partial charge in [-0.05, 0) is 31.2 Å². The molecule has 0 aromatic heterocycles. The predicted octanol–water partition coefficient (Wildman–Crippen LogP) is 2.86. The van der Waals surface area contributed by atoms with E-state index < -0.39 is 9.84 Å². The molecule has 0 bridgehead atoms. The van der Waals surface area contributed by atoms with Gasteiger partial charge >= 0.3 is 0 Å². The van der Waals surface area contributed by atoms with E-state index in [4.69, 9.17) is 0 Å². The highest BCUT2D eigenvalue weighted by Crippen LogP contribution is 2.19. The van der Waals surface area contributed by atoms with Crippen LogP contribution in [0.4, 0.5) is 0 Å². The summed E-state index contributed by atoms with van der Waals surface area (Å²) in [7, 11) is -1.43. The van der Waals surface area contributed by atoms with Gasteiger partial charge in [-0.1, -0.05) is 42.3 Å². The highest BCUT2D eigenvalue weighted by Gasteiger charge is 2.23. The Hall–Kier alpha value is -0.390. The van der Waals surface area contributed by atoms with Gasteiger partial charge in [-0.25, -0.2) is 8.42 Å². The van der Waals surface area contributed by atoms with Crippen LogP contribution in [0.2, 0.25) is 0 Å². The maximum Gasteiger partial charge on any atom is 0.179 e. The summed E-state index contributed by atoms with van der Waals surface area (Å²) < 4.78 is 25.4. The molecule has 3 nitrogen and oxygen atoms in total. The van der Waals surface area contributed by atoms with Gasteiger partial charge in [-0.2, -0.15) is 0 Å². The first kappa shape index (κ1) is 15.7. The van der Waals surface area contributed by atoms with E-state index >= 15 is 0 Å². The summed E-state index contributed by atoms with van der Waals surface area (Å²) in [6, 6.07) is 6.85. The van der Waals surface area contributed by atoms with Crippen LogP contribution in [0.25, 0.3) is 0 Å². The molecule has 102 valence electrons. The molecule has 0 saturated heterocycles. The highest BCUT2D eigenvalue weighted by molar-refractivity contribution is 9.10. The molecule has 5 heteroatoms. The van der Waals surface area contributed by atoms with Crippen molar-refractivity contribution in [3.05, 3.63) is 28.7 Å². The molecule has 0 amide bonds. The van der Waals surface area contributed by atoms with Gasteiger partial charge in [0.05, 0.1) is 10.6 Å². The van der Waals surface area contributed by atoms with Crippen molar-refractivity contribution in [1.29, 1.82) is 0 Å². The SMILES string of the molecule is CCC(C)C(CS(=O)(=O)c1cccc(Br)c1)NC. The monoisotopic (exact) mass is 333 g/mol. The summed E-state index contributed by atoms with van der Waals surface area (Å²) in [5.41, 5.74) is 0. The molecule has 0 fully saturated rings. The van der Waals surface area contributed by atoms with Gasteiger partial charge in [0.1, 0.15) is 0 Å². The zero-order chi connectivity index (χ0) is 13.8. The van der Waals surface area contributed by atoms with E-state index in [-0.39, 0.29) is 11.8 Å². The van der Waals surface area contributed by atoms with E-state index in [0.717, 1.165) is 10.9 Å². The summed E-state index contributed by atoms with van der Waals surface area (Å²) in [6.45, 7) is 4.14. The minimum absolute atomic E-state index is 0.0148. The Kier molecular flexibility index (Phi) is 5.82. The average Bonchev–Trinajstić information content (AvgIpc) is 2.35. The molecular formula is C13H20BrNO2S. The third kappa shape index (κ3) is 4.07. The van der Waals surface area contributed by atoms with Gasteiger partial charge in [0.15, 0.2) is 9.84 Å². The number of nitrogens with one attached hydrogen (secondary N) is 1. The molecule has 1 N–H and O–H groups in total. The van der Waals surface area contributed by atoms with Crippen molar-refractivity contribution in [3.63, 3.8) is 0 Å². The molecule has 0 aliphatic heterocycles. The number of sulfone groups is 1. The molecule has 2 atom stereocenters. The van der Waals surface area contributed by atoms with Gasteiger partial charge in [-0.3, -0.25) is 0 Å². The molecule has 0 aliphatic carbocycles. The maximum absolute atomic E-state index is 12.3. The number of hydrogen-bond donors (Lipinski definition) is 1. The molecule has 0 saturated carbocycles. The van der Waals surface area contributed by atoms with Gasteiger partial charge in [-0.15, -0.1) is 0 Å². The normalized spacial score (nSPS) is 15.3. The molecule has 1 rings (SSSR count). The summed E-state index contributed by atoms with van der Waals surface area (Å²) in [6.07, 6.45) is 0.958. The van der Waals surface area contributed by atoms with Crippen molar-refractivity contribution in [2.24, 2.45) is 5.92 Å². The molecule has 1 aromatic rings. The standard InChI is InChI=1S/C13H20BrNO2S/c1-4-10(2)13(15-3)9-18(16,17)12-7-5-6-11(14)8-12/h5-8,10,13,15H,4,9H2,1-3H3. The quantitative estimate of drug-likeness (QED) is 0.870. The summed E-state index contributed by atoms with van der Waals surface area (Å²) in [5, 5.41) is 3.10. The molecular weight excluding hydrogens is 314 g/mol. The van der Waals surface area contributed by atoms with Crippen molar-refractivity contribution < 1.29 is 8.42 Å². The highest BCUT2D eigenvalue weighted by atomic mass is 79.9. The van der Waals surface area contributed by atoms with E-state index in [2.05, 4.69) is 35.1 Å². The minimum atomic E-state index is -3.24. The van der Waals surface area contributed by atoms with Crippen molar-refractivity contribution in [2.45, 2.75) is 31.2 Å². The number of halogens is 1. The van der Waals surface area contributed by atoms with Gasteiger partial charge in [0, 0.05) is 10.5 Å². The lowest BCUT2D eigenvalue weighted by atomic mass is 10.0. The van der Waals surface area contributed by atoms with Crippen molar-refractivity contribution in [2.75, 3.05) is 12.8 Å². The van der Waals surface area contributed by atoms with Crippen molar-refractivity contribution in [3.8, 4) is 0 Å². The lowest BCUT2D eigenvalue weighted by Crippen LogP contribution is -2.38. The van der Waals surface area contributed by atoms with E-state index in [9.17, 15) is 8.42 Å². The van der Waals surface area contributed by atoms with Crippen LogP contribution in [-0.2, 0) is 9.84 Å². The molecule has 0 heterocycles. The van der Waals surface area contributed by atoms with Crippen LogP contribution in [0.15, 0.2) is 33.6 Å². The van der Waals surface area contributed by atoms with Crippen LogP contribution in [0.3, 0.4) is 0 Å². The summed E-state index contributed by atoms with van der Waals surface area (Å²) >= 11 is 3.30. The first-order valence-corrected chi connectivity index (χ1v) is 8.50. The van der Waals surface area contributed by atoms with E-state index in [1.54, 1.807) is 18.2 Å². The third-order valence-electron chi connectivity index (χ3n) is 3.26. The molecule has 2 unspecified atom stereocenters. The van der Waals surface area contributed by atoms with Gasteiger partial charge in [0.2, 0.25) is 0 Å². The maximum atomic E-state index is 12.3. The third-order valence-corrected chi connectivity index (χ3v) is 5.52. The first-order valence-electron chi connectivity index (χ1n) is 6.06. The Morgan fingerprint density at radius 2 is 2.06 bits per heavy atom. The van der Waals surface area contributed by atoms with Crippen LogP contribution >= 0.6 is 15.9 Å².